The minimum Gasteiger partial charge on any atom is -0.481 e. The lowest BCUT2D eigenvalue weighted by Gasteiger charge is -2.28. The van der Waals surface area contributed by atoms with Crippen molar-refractivity contribution in [3.8, 4) is 11.4 Å². The summed E-state index contributed by atoms with van der Waals surface area (Å²) in [7, 11) is 0.346. The Morgan fingerprint density at radius 3 is 2.80 bits per heavy atom. The molecule has 0 saturated carbocycles. The fourth-order valence-electron chi connectivity index (χ4n) is 2.99. The molecular weight excluding hydrogens is 321 g/mol. The Morgan fingerprint density at radius 1 is 1.32 bits per heavy atom. The summed E-state index contributed by atoms with van der Waals surface area (Å²) in [5.74, 6) is -0.306. The third-order valence-electron chi connectivity index (χ3n) is 4.20. The number of aliphatic carboxylic acids is 1. The Morgan fingerprint density at radius 2 is 2.12 bits per heavy atom. The molecule has 1 amide bonds. The SMILES string of the molecule is O=C(O)C[C@@H]1CC[C@H](NC(=O)Cn2ccnc2-c2ccccc2)BO1. The third-order valence-corrected chi connectivity index (χ3v) is 4.20. The van der Waals surface area contributed by atoms with Gasteiger partial charge >= 0.3 is 5.97 Å². The van der Waals surface area contributed by atoms with Gasteiger partial charge in [-0.05, 0) is 12.8 Å². The molecule has 0 spiro atoms. The minimum atomic E-state index is -0.860. The van der Waals surface area contributed by atoms with Gasteiger partial charge in [-0.25, -0.2) is 4.98 Å². The van der Waals surface area contributed by atoms with Crippen molar-refractivity contribution in [2.45, 2.75) is 37.9 Å². The normalized spacial score (nSPS) is 19.8. The van der Waals surface area contributed by atoms with Crippen LogP contribution in [0.5, 0.6) is 0 Å². The fourth-order valence-corrected chi connectivity index (χ4v) is 2.99. The number of amides is 1. The van der Waals surface area contributed by atoms with Gasteiger partial charge in [0.05, 0.1) is 12.5 Å². The number of hydrogen-bond acceptors (Lipinski definition) is 4. The number of aromatic nitrogens is 2. The number of nitrogens with one attached hydrogen (secondary N) is 1. The van der Waals surface area contributed by atoms with Gasteiger partial charge in [0.1, 0.15) is 12.4 Å². The Labute approximate surface area is 146 Å². The lowest BCUT2D eigenvalue weighted by Crippen LogP contribution is -2.46. The summed E-state index contributed by atoms with van der Waals surface area (Å²) < 4.78 is 7.32. The predicted molar refractivity (Wildman–Crippen MR) is 93.1 cm³/mol. The summed E-state index contributed by atoms with van der Waals surface area (Å²) in [6, 6.07) is 9.70. The van der Waals surface area contributed by atoms with Crippen LogP contribution in [0.4, 0.5) is 0 Å². The first-order chi connectivity index (χ1) is 12.1. The maximum absolute atomic E-state index is 12.3. The van der Waals surface area contributed by atoms with Gasteiger partial charge in [0, 0.05) is 23.9 Å². The standard InChI is InChI=1S/C17H20BN3O4/c22-15(20-14-7-6-13(25-18-14)10-16(23)24)11-21-9-8-19-17(21)12-4-2-1-3-5-12/h1-5,8-9,13-14,18H,6-7,10-11H2,(H,20,22)(H,23,24)/t13-,14-/m0/s1. The number of carbonyl (C=O) groups excluding carboxylic acids is 1. The molecule has 2 N–H and O–H groups in total. The number of carbonyl (C=O) groups is 2. The van der Waals surface area contributed by atoms with Gasteiger partial charge < -0.3 is 19.6 Å². The number of carboxylic acid groups (broad SMARTS) is 1. The summed E-state index contributed by atoms with van der Waals surface area (Å²) in [5.41, 5.74) is 0.956. The van der Waals surface area contributed by atoms with E-state index in [1.165, 1.54) is 0 Å². The van der Waals surface area contributed by atoms with Gasteiger partial charge in [-0.2, -0.15) is 0 Å². The van der Waals surface area contributed by atoms with Gasteiger partial charge in [0.2, 0.25) is 5.91 Å². The van der Waals surface area contributed by atoms with Crippen LogP contribution in [0.1, 0.15) is 19.3 Å². The summed E-state index contributed by atoms with van der Waals surface area (Å²) in [5, 5.41) is 11.7. The highest BCUT2D eigenvalue weighted by Gasteiger charge is 2.26. The van der Waals surface area contributed by atoms with Crippen molar-refractivity contribution >= 4 is 19.4 Å². The number of benzene rings is 1. The zero-order valence-electron chi connectivity index (χ0n) is 13.8. The van der Waals surface area contributed by atoms with E-state index >= 15 is 0 Å². The van der Waals surface area contributed by atoms with Crippen molar-refractivity contribution in [1.29, 1.82) is 0 Å². The van der Waals surface area contributed by atoms with Crippen molar-refractivity contribution in [2.75, 3.05) is 0 Å². The highest BCUT2D eigenvalue weighted by Crippen LogP contribution is 2.17. The number of rotatable bonds is 6. The van der Waals surface area contributed by atoms with E-state index in [4.69, 9.17) is 9.76 Å². The monoisotopic (exact) mass is 341 g/mol. The van der Waals surface area contributed by atoms with Crippen molar-refractivity contribution < 1.29 is 19.3 Å². The van der Waals surface area contributed by atoms with E-state index in [1.807, 2.05) is 34.9 Å². The maximum atomic E-state index is 12.3. The first-order valence-corrected chi connectivity index (χ1v) is 8.31. The van der Waals surface area contributed by atoms with Crippen LogP contribution in [0.3, 0.4) is 0 Å². The molecule has 2 aromatic rings. The second-order valence-electron chi connectivity index (χ2n) is 6.14. The zero-order chi connectivity index (χ0) is 17.6. The van der Waals surface area contributed by atoms with Crippen LogP contribution >= 0.6 is 0 Å². The van der Waals surface area contributed by atoms with Crippen molar-refractivity contribution in [3.05, 3.63) is 42.7 Å². The Hall–Kier alpha value is -2.61. The lowest BCUT2D eigenvalue weighted by atomic mass is 9.79. The third kappa shape index (κ3) is 4.70. The molecule has 1 aliphatic rings. The second-order valence-corrected chi connectivity index (χ2v) is 6.14. The molecule has 1 fully saturated rings. The Kier molecular flexibility index (Phi) is 5.50. The highest BCUT2D eigenvalue weighted by atomic mass is 16.4. The van der Waals surface area contributed by atoms with E-state index in [-0.39, 0.29) is 30.9 Å². The summed E-state index contributed by atoms with van der Waals surface area (Å²) >= 11 is 0. The van der Waals surface area contributed by atoms with Crippen LogP contribution in [0.2, 0.25) is 0 Å². The van der Waals surface area contributed by atoms with E-state index in [1.54, 1.807) is 12.4 Å². The molecule has 7 nitrogen and oxygen atoms in total. The topological polar surface area (TPSA) is 93.5 Å². The molecule has 1 saturated heterocycles. The molecule has 1 aromatic heterocycles. The molecule has 0 bridgehead atoms. The second kappa shape index (κ2) is 7.98. The lowest BCUT2D eigenvalue weighted by molar-refractivity contribution is -0.139. The van der Waals surface area contributed by atoms with E-state index in [2.05, 4.69) is 10.3 Å². The van der Waals surface area contributed by atoms with Gasteiger partial charge in [-0.1, -0.05) is 30.3 Å². The van der Waals surface area contributed by atoms with Crippen LogP contribution < -0.4 is 5.32 Å². The molecule has 25 heavy (non-hydrogen) atoms. The average Bonchev–Trinajstić information content (AvgIpc) is 3.05. The van der Waals surface area contributed by atoms with Gasteiger partial charge in [0.25, 0.3) is 7.48 Å². The minimum absolute atomic E-state index is 0.0101. The molecule has 2 atom stereocenters. The molecule has 2 heterocycles. The van der Waals surface area contributed by atoms with Crippen LogP contribution in [-0.4, -0.2) is 46.1 Å². The smallest absolute Gasteiger partial charge is 0.305 e. The van der Waals surface area contributed by atoms with Crippen molar-refractivity contribution in [3.63, 3.8) is 0 Å². The van der Waals surface area contributed by atoms with E-state index in [0.29, 0.717) is 13.9 Å². The number of carboxylic acids is 1. The van der Waals surface area contributed by atoms with Crippen molar-refractivity contribution in [1.82, 2.24) is 14.9 Å². The zero-order valence-corrected chi connectivity index (χ0v) is 13.8. The molecule has 0 unspecified atom stereocenters. The molecule has 1 aromatic carbocycles. The summed E-state index contributed by atoms with van der Waals surface area (Å²) in [6.07, 6.45) is 4.56. The van der Waals surface area contributed by atoms with E-state index in [0.717, 1.165) is 17.8 Å². The van der Waals surface area contributed by atoms with Crippen molar-refractivity contribution in [2.24, 2.45) is 0 Å². The fraction of sp³-hybridized carbons (Fsp3) is 0.353. The van der Waals surface area contributed by atoms with Gasteiger partial charge in [0.15, 0.2) is 0 Å². The van der Waals surface area contributed by atoms with E-state index in [9.17, 15) is 9.59 Å². The highest BCUT2D eigenvalue weighted by molar-refractivity contribution is 6.30. The van der Waals surface area contributed by atoms with Gasteiger partial charge in [-0.3, -0.25) is 9.59 Å². The molecule has 8 heteroatoms. The molecule has 3 rings (SSSR count). The summed E-state index contributed by atoms with van der Waals surface area (Å²) in [6.45, 7) is 0.180. The maximum Gasteiger partial charge on any atom is 0.305 e. The average molecular weight is 341 g/mol. The molecule has 130 valence electrons. The first-order valence-electron chi connectivity index (χ1n) is 8.31. The molecular formula is C17H20BN3O4. The largest absolute Gasteiger partial charge is 0.481 e. The van der Waals surface area contributed by atoms with Crippen LogP contribution in [0, 0.1) is 0 Å². The summed E-state index contributed by atoms with van der Waals surface area (Å²) in [4.78, 5) is 27.3. The predicted octanol–water partition coefficient (Wildman–Crippen LogP) is 0.998. The van der Waals surface area contributed by atoms with E-state index < -0.39 is 5.97 Å². The van der Waals surface area contributed by atoms with Gasteiger partial charge in [-0.15, -0.1) is 0 Å². The molecule has 0 radical (unpaired) electrons. The molecule has 1 aliphatic heterocycles. The van der Waals surface area contributed by atoms with Crippen LogP contribution in [0.25, 0.3) is 11.4 Å². The van der Waals surface area contributed by atoms with Crippen LogP contribution in [0.15, 0.2) is 42.7 Å². The van der Waals surface area contributed by atoms with Crippen LogP contribution in [-0.2, 0) is 20.8 Å². The molecule has 0 aliphatic carbocycles. The number of nitrogens with zero attached hydrogens (tertiary/aromatic N) is 2. The number of hydrogen-bond donors (Lipinski definition) is 2. The Balaban J connectivity index is 1.53. The first kappa shape index (κ1) is 17.2. The Bertz CT molecular complexity index is 727. The quantitative estimate of drug-likeness (QED) is 0.765. The number of imidazole rings is 1.